The Morgan fingerprint density at radius 2 is 1.36 bits per heavy atom. The predicted octanol–water partition coefficient (Wildman–Crippen LogP) is 6.64. The number of nitrogens with zero attached hydrogens (tertiary/aromatic N) is 5. The Morgan fingerprint density at radius 1 is 0.717 bits per heavy atom. The first-order chi connectivity index (χ1) is 26.1. The number of carbonyl (C=O) groups is 1. The Kier molecular flexibility index (Phi) is 14.0. The van der Waals surface area contributed by atoms with Gasteiger partial charge >= 0.3 is 0 Å². The molecule has 3 aromatic rings. The van der Waals surface area contributed by atoms with Crippen molar-refractivity contribution < 1.29 is 9.53 Å². The average molecular weight is 726 g/mol. The van der Waals surface area contributed by atoms with Gasteiger partial charge in [-0.15, -0.1) is 0 Å². The molecule has 1 aromatic heterocycles. The normalized spacial score (nSPS) is 21.8. The van der Waals surface area contributed by atoms with Crippen LogP contribution in [-0.2, 0) is 6.42 Å². The Bertz CT molecular complexity index is 1510. The van der Waals surface area contributed by atoms with Crippen LogP contribution < -0.4 is 15.0 Å². The fraction of sp³-hybridized carbons (Fsp3) is 0.659. The molecule has 8 rings (SSSR count). The lowest BCUT2D eigenvalue weighted by molar-refractivity contribution is 0.0590. The lowest BCUT2D eigenvalue weighted by atomic mass is 9.99. The Labute approximate surface area is 319 Å². The molecule has 290 valence electrons. The molecule has 5 aliphatic rings. The second-order valence-electron chi connectivity index (χ2n) is 16.3. The molecule has 2 aromatic carbocycles. The molecule has 2 N–H and O–H groups in total. The zero-order valence-electron chi connectivity index (χ0n) is 32.7. The zero-order valence-corrected chi connectivity index (χ0v) is 32.7. The van der Waals surface area contributed by atoms with Gasteiger partial charge in [-0.25, -0.2) is 0 Å². The third-order valence-corrected chi connectivity index (χ3v) is 12.9. The fourth-order valence-corrected chi connectivity index (χ4v) is 9.55. The van der Waals surface area contributed by atoms with Crippen molar-refractivity contribution in [2.75, 3.05) is 97.1 Å². The second kappa shape index (κ2) is 19.5. The van der Waals surface area contributed by atoms with E-state index in [4.69, 9.17) is 4.74 Å². The summed E-state index contributed by atoms with van der Waals surface area (Å²) in [7, 11) is 1.71. The Balaban J connectivity index is 0.000000306. The largest absolute Gasteiger partial charge is 0.497 e. The quantitative estimate of drug-likeness (QED) is 0.228. The number of ether oxygens (including phenoxy) is 1. The number of fused-ring (bicyclic) bond motifs is 1. The first-order valence-corrected chi connectivity index (χ1v) is 21.3. The number of H-pyrrole nitrogens is 1. The number of rotatable bonds is 10. The van der Waals surface area contributed by atoms with Gasteiger partial charge in [-0.2, -0.15) is 0 Å². The molecule has 9 heteroatoms. The number of benzene rings is 2. The van der Waals surface area contributed by atoms with Gasteiger partial charge in [-0.3, -0.25) is 9.69 Å². The van der Waals surface area contributed by atoms with Gasteiger partial charge in [-0.1, -0.05) is 12.8 Å². The van der Waals surface area contributed by atoms with Crippen LogP contribution in [-0.4, -0.2) is 135 Å². The van der Waals surface area contributed by atoms with Crippen LogP contribution in [0.15, 0.2) is 48.7 Å². The Morgan fingerprint density at radius 3 is 2.00 bits per heavy atom. The topological polar surface area (TPSA) is 70.3 Å². The van der Waals surface area contributed by atoms with Crippen molar-refractivity contribution in [2.45, 2.75) is 95.6 Å². The van der Waals surface area contributed by atoms with Gasteiger partial charge < -0.3 is 34.6 Å². The maximum absolute atomic E-state index is 13.4. The highest BCUT2D eigenvalue weighted by Crippen LogP contribution is 2.26. The molecule has 0 radical (unpaired) electrons. The summed E-state index contributed by atoms with van der Waals surface area (Å²) in [5, 5.41) is 4.64. The first kappa shape index (κ1) is 38.2. The average Bonchev–Trinajstić information content (AvgIpc) is 3.65. The van der Waals surface area contributed by atoms with Crippen LogP contribution in [0.4, 0.5) is 5.69 Å². The minimum atomic E-state index is 0.199. The predicted molar refractivity (Wildman–Crippen MR) is 219 cm³/mol. The number of likely N-dealkylation sites (tertiary alicyclic amines) is 3. The van der Waals surface area contributed by atoms with Crippen molar-refractivity contribution in [3.8, 4) is 5.75 Å². The molecule has 0 unspecified atom stereocenters. The number of hydrogen-bond donors (Lipinski definition) is 2. The van der Waals surface area contributed by atoms with Gasteiger partial charge in [0.2, 0.25) is 0 Å². The molecule has 0 saturated carbocycles. The molecule has 0 bridgehead atoms. The van der Waals surface area contributed by atoms with Gasteiger partial charge in [0.15, 0.2) is 0 Å². The molecular weight excluding hydrogens is 659 g/mol. The number of amides is 1. The van der Waals surface area contributed by atoms with Gasteiger partial charge in [0.25, 0.3) is 5.91 Å². The number of aromatic amines is 1. The lowest BCUT2D eigenvalue weighted by Crippen LogP contribution is -2.48. The van der Waals surface area contributed by atoms with Crippen LogP contribution in [0.2, 0.25) is 0 Å². The fourth-order valence-electron chi connectivity index (χ4n) is 9.55. The summed E-state index contributed by atoms with van der Waals surface area (Å²) in [4.78, 5) is 29.4. The van der Waals surface area contributed by atoms with E-state index in [2.05, 4.69) is 65.3 Å². The van der Waals surface area contributed by atoms with E-state index in [1.807, 2.05) is 18.2 Å². The lowest BCUT2D eigenvalue weighted by Gasteiger charge is -2.40. The van der Waals surface area contributed by atoms with E-state index in [0.717, 1.165) is 94.4 Å². The summed E-state index contributed by atoms with van der Waals surface area (Å²) >= 11 is 0. The van der Waals surface area contributed by atoms with E-state index in [1.165, 1.54) is 114 Å². The number of piperidine rings is 4. The molecule has 1 amide bonds. The van der Waals surface area contributed by atoms with E-state index in [9.17, 15) is 4.79 Å². The van der Waals surface area contributed by atoms with E-state index in [-0.39, 0.29) is 5.91 Å². The molecule has 9 nitrogen and oxygen atoms in total. The molecule has 53 heavy (non-hydrogen) atoms. The summed E-state index contributed by atoms with van der Waals surface area (Å²) in [6, 6.07) is 16.2. The van der Waals surface area contributed by atoms with Crippen molar-refractivity contribution in [3.05, 3.63) is 59.8 Å². The van der Waals surface area contributed by atoms with Crippen molar-refractivity contribution >= 4 is 22.5 Å². The maximum Gasteiger partial charge on any atom is 0.253 e. The number of aryl methyl sites for hydroxylation is 1. The van der Waals surface area contributed by atoms with Crippen LogP contribution in [0.25, 0.3) is 10.9 Å². The van der Waals surface area contributed by atoms with Crippen molar-refractivity contribution in [1.29, 1.82) is 0 Å². The summed E-state index contributed by atoms with van der Waals surface area (Å²) in [5.41, 5.74) is 4.59. The van der Waals surface area contributed by atoms with Gasteiger partial charge in [0.05, 0.1) is 7.11 Å². The molecule has 0 aliphatic carbocycles. The van der Waals surface area contributed by atoms with Gasteiger partial charge in [0.1, 0.15) is 5.75 Å². The SMILES string of the molecule is C1CCN(C2CCNCC2)CC1.COc1ccc(N2CCN(CCCCc3c[nH]c4ccc(C(=O)N5CCC(N6CCCCC6)CC5)cc34)CC2)cc1. The number of methoxy groups -OCH3 is 1. The number of piperazine rings is 1. The van der Waals surface area contributed by atoms with Crippen LogP contribution in [0, 0.1) is 0 Å². The number of nitrogens with one attached hydrogen (secondary N) is 2. The molecule has 5 saturated heterocycles. The Hall–Kier alpha value is -3.11. The number of aromatic nitrogens is 1. The molecule has 5 aliphatic heterocycles. The highest BCUT2D eigenvalue weighted by atomic mass is 16.5. The van der Waals surface area contributed by atoms with Crippen LogP contribution in [0.1, 0.15) is 93.0 Å². The smallest absolute Gasteiger partial charge is 0.253 e. The summed E-state index contributed by atoms with van der Waals surface area (Å²) < 4.78 is 5.29. The maximum atomic E-state index is 13.4. The molecule has 0 atom stereocenters. The van der Waals surface area contributed by atoms with Crippen molar-refractivity contribution in [3.63, 3.8) is 0 Å². The minimum Gasteiger partial charge on any atom is -0.497 e. The second-order valence-corrected chi connectivity index (χ2v) is 16.3. The van der Waals surface area contributed by atoms with Crippen LogP contribution in [0.3, 0.4) is 0 Å². The highest BCUT2D eigenvalue weighted by Gasteiger charge is 2.28. The van der Waals surface area contributed by atoms with E-state index in [0.29, 0.717) is 6.04 Å². The first-order valence-electron chi connectivity index (χ1n) is 21.3. The van der Waals surface area contributed by atoms with E-state index >= 15 is 0 Å². The minimum absolute atomic E-state index is 0.199. The molecule has 0 spiro atoms. The summed E-state index contributed by atoms with van der Waals surface area (Å²) in [6.45, 7) is 15.0. The van der Waals surface area contributed by atoms with Crippen LogP contribution >= 0.6 is 0 Å². The van der Waals surface area contributed by atoms with Gasteiger partial charge in [0, 0.05) is 79.7 Å². The van der Waals surface area contributed by atoms with E-state index < -0.39 is 0 Å². The van der Waals surface area contributed by atoms with Crippen molar-refractivity contribution in [2.24, 2.45) is 0 Å². The van der Waals surface area contributed by atoms with Crippen LogP contribution in [0.5, 0.6) is 5.75 Å². The van der Waals surface area contributed by atoms with Crippen molar-refractivity contribution in [1.82, 2.24) is 29.9 Å². The van der Waals surface area contributed by atoms with E-state index in [1.54, 1.807) is 7.11 Å². The number of unbranched alkanes of at least 4 members (excludes halogenated alkanes) is 1. The summed E-state index contributed by atoms with van der Waals surface area (Å²) in [5.74, 6) is 1.11. The standard InChI is InChI=1S/C34H47N5O2.C10H20N2/c1-41-31-11-9-29(10-12-31)38-23-21-36(22-24-38)16-6-3-7-28-26-35-33-13-8-27(25-32(28)33)34(40)39-19-14-30(15-20-39)37-17-4-2-5-18-37;1-2-8-12(9-3-1)10-4-6-11-7-5-10/h8-13,25-26,30,35H,2-7,14-24H2,1H3;10-11H,1-9H2. The third-order valence-electron chi connectivity index (χ3n) is 12.9. The molecular formula is C44H67N7O2. The molecule has 5 fully saturated rings. The molecule has 6 heterocycles. The van der Waals surface area contributed by atoms with Gasteiger partial charge in [-0.05, 0) is 164 Å². The highest BCUT2D eigenvalue weighted by molar-refractivity contribution is 5.98. The number of anilines is 1. The number of carbonyl (C=O) groups excluding carboxylic acids is 1. The third kappa shape index (κ3) is 10.4. The monoisotopic (exact) mass is 726 g/mol. The zero-order chi connectivity index (χ0) is 36.2. The number of hydrogen-bond acceptors (Lipinski definition) is 7. The summed E-state index contributed by atoms with van der Waals surface area (Å²) in [6.07, 6.45) is 18.9.